The van der Waals surface area contributed by atoms with E-state index in [1.165, 1.54) is 31.2 Å². The topological polar surface area (TPSA) is 111 Å². The van der Waals surface area contributed by atoms with Crippen LogP contribution in [0.3, 0.4) is 0 Å². The summed E-state index contributed by atoms with van der Waals surface area (Å²) in [5.41, 5.74) is 0.00695. The number of carbonyl (C=O) groups is 4. The van der Waals surface area contributed by atoms with Crippen molar-refractivity contribution in [1.82, 2.24) is 10.6 Å². The molecule has 2 aromatic rings. The van der Waals surface area contributed by atoms with E-state index in [2.05, 4.69) is 10.6 Å². The normalized spacial score (nSPS) is 20.3. The number of nitrogens with one attached hydrogen (secondary N) is 2. The molecule has 0 bridgehead atoms. The highest BCUT2D eigenvalue weighted by atomic mass is 19.1. The molecule has 4 rings (SSSR count). The van der Waals surface area contributed by atoms with Gasteiger partial charge in [0.2, 0.25) is 5.91 Å². The first kappa shape index (κ1) is 26.3. The number of esters is 1. The maximum Gasteiger partial charge on any atom is 0.325 e. The van der Waals surface area contributed by atoms with Gasteiger partial charge in [0.15, 0.2) is 11.9 Å². The fourth-order valence-corrected chi connectivity index (χ4v) is 4.87. The predicted molar refractivity (Wildman–Crippen MR) is 133 cm³/mol. The average molecular weight is 511 g/mol. The molecule has 1 aliphatic heterocycles. The van der Waals surface area contributed by atoms with Crippen molar-refractivity contribution in [2.24, 2.45) is 5.92 Å². The van der Waals surface area contributed by atoms with Gasteiger partial charge in [-0.2, -0.15) is 0 Å². The number of fused-ring (bicyclic) bond motifs is 1. The molecule has 0 spiro atoms. The Bertz CT molecular complexity index is 1200. The second-order valence-corrected chi connectivity index (χ2v) is 10.1. The van der Waals surface area contributed by atoms with E-state index in [0.29, 0.717) is 16.9 Å². The summed E-state index contributed by atoms with van der Waals surface area (Å²) in [6, 6.07) is 9.04. The van der Waals surface area contributed by atoms with Gasteiger partial charge in [-0.1, -0.05) is 12.8 Å². The van der Waals surface area contributed by atoms with Crippen LogP contribution in [0.1, 0.15) is 78.8 Å². The maximum atomic E-state index is 13.4. The summed E-state index contributed by atoms with van der Waals surface area (Å²) in [4.78, 5) is 50.4. The Balaban J connectivity index is 1.60. The number of ether oxygens (including phenoxy) is 2. The average Bonchev–Trinajstić information content (AvgIpc) is 3.39. The lowest BCUT2D eigenvalue weighted by Crippen LogP contribution is -2.56. The van der Waals surface area contributed by atoms with Crippen molar-refractivity contribution in [3.05, 3.63) is 65.0 Å². The fraction of sp³-hybridized carbons (Fsp3) is 0.429. The third kappa shape index (κ3) is 5.98. The number of Topliss-reactive ketones (excluding diaryl/α,β-unsaturated/α-hetero) is 1. The Hall–Kier alpha value is -3.75. The van der Waals surface area contributed by atoms with Crippen LogP contribution in [0.15, 0.2) is 42.5 Å². The summed E-state index contributed by atoms with van der Waals surface area (Å²) in [6.45, 7) is 4.55. The Morgan fingerprint density at radius 3 is 2.32 bits per heavy atom. The van der Waals surface area contributed by atoms with Crippen LogP contribution in [0.2, 0.25) is 0 Å². The predicted octanol–water partition coefficient (Wildman–Crippen LogP) is 3.89. The molecular weight excluding hydrogens is 479 g/mol. The summed E-state index contributed by atoms with van der Waals surface area (Å²) in [6.07, 6.45) is 2.59. The molecule has 0 aromatic heterocycles. The lowest BCUT2D eigenvalue weighted by molar-refractivity contribution is -0.164. The number of rotatable bonds is 7. The van der Waals surface area contributed by atoms with E-state index in [1.807, 2.05) is 0 Å². The quantitative estimate of drug-likeness (QED) is 0.432. The number of halogens is 1. The van der Waals surface area contributed by atoms with Crippen LogP contribution in [-0.2, 0) is 14.3 Å². The second-order valence-electron chi connectivity index (χ2n) is 10.1. The van der Waals surface area contributed by atoms with E-state index in [9.17, 15) is 23.6 Å². The maximum absolute atomic E-state index is 13.4. The highest BCUT2D eigenvalue weighted by molar-refractivity contribution is 5.96. The molecule has 1 saturated carbocycles. The standard InChI is InChI=1S/C28H31FN2O6/c1-16(32)19-10-13-22-21(14-19)24(31-27(35)18-8-11-20(29)12-9-18)25(28(2,3)37-22)36-23(33)15-30-26(34)17-6-4-5-7-17/h8-14,17,24-25H,4-7,15H2,1-3H3,(H,30,34)(H,31,35)/t24-,25+/m0/s1. The van der Waals surface area contributed by atoms with Crippen LogP contribution in [0.5, 0.6) is 5.75 Å². The molecule has 1 fully saturated rings. The molecule has 0 radical (unpaired) electrons. The van der Waals surface area contributed by atoms with Gasteiger partial charge in [0.05, 0.1) is 6.04 Å². The minimum absolute atomic E-state index is 0.0955. The molecular formula is C28H31FN2O6. The summed E-state index contributed by atoms with van der Waals surface area (Å²) in [7, 11) is 0. The van der Waals surface area contributed by atoms with Crippen LogP contribution >= 0.6 is 0 Å². The molecule has 1 aliphatic carbocycles. The lowest BCUT2D eigenvalue weighted by atomic mass is 9.85. The molecule has 9 heteroatoms. The van der Waals surface area contributed by atoms with Crippen molar-refractivity contribution < 1.29 is 33.0 Å². The van der Waals surface area contributed by atoms with Crippen molar-refractivity contribution in [2.45, 2.75) is 64.2 Å². The van der Waals surface area contributed by atoms with Crippen LogP contribution in [-0.4, -0.2) is 41.8 Å². The molecule has 0 unspecified atom stereocenters. The smallest absolute Gasteiger partial charge is 0.325 e. The Morgan fingerprint density at radius 2 is 1.68 bits per heavy atom. The SMILES string of the molecule is CC(=O)c1ccc2c(c1)[C@H](NC(=O)c1ccc(F)cc1)[C@@H](OC(=O)CNC(=O)C1CCCC1)C(C)(C)O2. The van der Waals surface area contributed by atoms with Crippen molar-refractivity contribution in [1.29, 1.82) is 0 Å². The molecule has 37 heavy (non-hydrogen) atoms. The Labute approximate surface area is 214 Å². The van der Waals surface area contributed by atoms with Crippen LogP contribution in [0.25, 0.3) is 0 Å². The first-order valence-electron chi connectivity index (χ1n) is 12.4. The van der Waals surface area contributed by atoms with Gasteiger partial charge >= 0.3 is 5.97 Å². The number of hydrogen-bond donors (Lipinski definition) is 2. The first-order valence-corrected chi connectivity index (χ1v) is 12.4. The third-order valence-electron chi connectivity index (χ3n) is 6.90. The number of carbonyl (C=O) groups excluding carboxylic acids is 4. The van der Waals surface area contributed by atoms with E-state index in [-0.39, 0.29) is 29.7 Å². The van der Waals surface area contributed by atoms with E-state index in [1.54, 1.807) is 32.0 Å². The number of ketones is 1. The van der Waals surface area contributed by atoms with E-state index in [0.717, 1.165) is 25.7 Å². The van der Waals surface area contributed by atoms with Gasteiger partial charge in [-0.3, -0.25) is 19.2 Å². The fourth-order valence-electron chi connectivity index (χ4n) is 4.87. The largest absolute Gasteiger partial charge is 0.484 e. The molecule has 1 heterocycles. The van der Waals surface area contributed by atoms with E-state index in [4.69, 9.17) is 9.47 Å². The molecule has 2 aromatic carbocycles. The summed E-state index contributed by atoms with van der Waals surface area (Å²) < 4.78 is 25.3. The van der Waals surface area contributed by atoms with Gasteiger partial charge in [0.25, 0.3) is 5.91 Å². The van der Waals surface area contributed by atoms with Gasteiger partial charge in [0, 0.05) is 22.6 Å². The number of amides is 2. The van der Waals surface area contributed by atoms with Gasteiger partial charge in [-0.15, -0.1) is 0 Å². The number of hydrogen-bond acceptors (Lipinski definition) is 6. The number of benzene rings is 2. The molecule has 2 aliphatic rings. The minimum atomic E-state index is -1.07. The highest BCUT2D eigenvalue weighted by Crippen LogP contribution is 2.42. The van der Waals surface area contributed by atoms with Gasteiger partial charge in [-0.25, -0.2) is 4.39 Å². The van der Waals surface area contributed by atoms with Gasteiger partial charge < -0.3 is 20.1 Å². The third-order valence-corrected chi connectivity index (χ3v) is 6.90. The molecule has 196 valence electrons. The summed E-state index contributed by atoms with van der Waals surface area (Å²) in [5.74, 6) is -1.70. The van der Waals surface area contributed by atoms with Gasteiger partial charge in [-0.05, 0) is 76.1 Å². The van der Waals surface area contributed by atoms with E-state index < -0.39 is 35.4 Å². The summed E-state index contributed by atoms with van der Waals surface area (Å²) >= 11 is 0. The van der Waals surface area contributed by atoms with E-state index >= 15 is 0 Å². The molecule has 2 N–H and O–H groups in total. The van der Waals surface area contributed by atoms with Crippen molar-refractivity contribution in [3.8, 4) is 5.75 Å². The minimum Gasteiger partial charge on any atom is -0.484 e. The second kappa shape index (κ2) is 10.7. The monoisotopic (exact) mass is 510 g/mol. The first-order chi connectivity index (χ1) is 17.5. The zero-order valence-corrected chi connectivity index (χ0v) is 21.1. The summed E-state index contributed by atoms with van der Waals surface area (Å²) in [5, 5.41) is 5.53. The Kier molecular flexibility index (Phi) is 7.61. The zero-order valence-electron chi connectivity index (χ0n) is 21.1. The van der Waals surface area contributed by atoms with Gasteiger partial charge in [0.1, 0.15) is 23.7 Å². The lowest BCUT2D eigenvalue weighted by Gasteiger charge is -2.44. The zero-order chi connectivity index (χ0) is 26.7. The van der Waals surface area contributed by atoms with Crippen LogP contribution in [0.4, 0.5) is 4.39 Å². The van der Waals surface area contributed by atoms with Crippen LogP contribution < -0.4 is 15.4 Å². The molecule has 2 amide bonds. The molecule has 8 nitrogen and oxygen atoms in total. The molecule has 0 saturated heterocycles. The molecule has 2 atom stereocenters. The Morgan fingerprint density at radius 1 is 1.03 bits per heavy atom. The highest BCUT2D eigenvalue weighted by Gasteiger charge is 2.47. The van der Waals surface area contributed by atoms with Crippen molar-refractivity contribution in [3.63, 3.8) is 0 Å². The van der Waals surface area contributed by atoms with Crippen molar-refractivity contribution >= 4 is 23.6 Å². The van der Waals surface area contributed by atoms with Crippen LogP contribution in [0, 0.1) is 11.7 Å². The van der Waals surface area contributed by atoms with Crippen molar-refractivity contribution in [2.75, 3.05) is 6.54 Å².